The summed E-state index contributed by atoms with van der Waals surface area (Å²) >= 11 is 0. The van der Waals surface area contributed by atoms with Crippen molar-refractivity contribution in [3.8, 4) is 33.9 Å². The SMILES string of the molecule is c1ccc(-c2nc3ccccc3nc2-n2c3ccc(-c4cccc5c4c4ccccc4n5-c4ccccc4)cc3c3ccc4ccccc4c32)cc1. The molecule has 3 aromatic heterocycles. The van der Waals surface area contributed by atoms with Gasteiger partial charge in [0.15, 0.2) is 5.82 Å². The number of rotatable bonds is 4. The molecule has 0 spiro atoms. The molecule has 0 N–H and O–H groups in total. The van der Waals surface area contributed by atoms with E-state index in [-0.39, 0.29) is 0 Å². The Morgan fingerprint density at radius 1 is 0.385 bits per heavy atom. The summed E-state index contributed by atoms with van der Waals surface area (Å²) in [5, 5.41) is 7.22. The van der Waals surface area contributed by atoms with Crippen LogP contribution in [0, 0.1) is 0 Å². The Hall–Kier alpha value is -7.04. The normalized spacial score (nSPS) is 11.8. The lowest BCUT2D eigenvalue weighted by Gasteiger charge is -2.14. The summed E-state index contributed by atoms with van der Waals surface area (Å²) in [4.78, 5) is 10.7. The Balaban J connectivity index is 1.24. The van der Waals surface area contributed by atoms with E-state index in [1.165, 1.54) is 54.5 Å². The number of fused-ring (bicyclic) bond motifs is 9. The van der Waals surface area contributed by atoms with E-state index in [2.05, 4.69) is 167 Å². The van der Waals surface area contributed by atoms with Gasteiger partial charge in [-0.3, -0.25) is 4.57 Å². The molecule has 0 amide bonds. The molecule has 0 aliphatic carbocycles. The zero-order valence-corrected chi connectivity index (χ0v) is 28.1. The van der Waals surface area contributed by atoms with E-state index in [0.29, 0.717) is 0 Å². The van der Waals surface area contributed by atoms with Crippen molar-refractivity contribution in [1.82, 2.24) is 19.1 Å². The van der Waals surface area contributed by atoms with Crippen LogP contribution in [-0.2, 0) is 0 Å². The van der Waals surface area contributed by atoms with Crippen LogP contribution in [0.1, 0.15) is 0 Å². The average Bonchev–Trinajstić information content (AvgIpc) is 3.74. The summed E-state index contributed by atoms with van der Waals surface area (Å²) in [5.41, 5.74) is 11.8. The highest BCUT2D eigenvalue weighted by atomic mass is 15.1. The van der Waals surface area contributed by atoms with Crippen molar-refractivity contribution >= 4 is 65.4 Å². The van der Waals surface area contributed by atoms with Gasteiger partial charge in [-0.25, -0.2) is 9.97 Å². The smallest absolute Gasteiger partial charge is 0.165 e. The van der Waals surface area contributed by atoms with Gasteiger partial charge < -0.3 is 4.57 Å². The van der Waals surface area contributed by atoms with Crippen molar-refractivity contribution in [1.29, 1.82) is 0 Å². The molecule has 0 aliphatic rings. The van der Waals surface area contributed by atoms with Gasteiger partial charge >= 0.3 is 0 Å². The minimum absolute atomic E-state index is 0.821. The van der Waals surface area contributed by atoms with E-state index in [4.69, 9.17) is 9.97 Å². The van der Waals surface area contributed by atoms with Crippen molar-refractivity contribution in [3.05, 3.63) is 182 Å². The Labute approximate surface area is 299 Å². The van der Waals surface area contributed by atoms with Gasteiger partial charge in [0, 0.05) is 38.2 Å². The van der Waals surface area contributed by atoms with Gasteiger partial charge in [-0.1, -0.05) is 133 Å². The standard InChI is InChI=1S/C48H30N4/c1-3-15-32(16-4-1)46-48(50-41-23-11-10-22-40(41)49-46)52-43-29-27-33(30-39(43)37-28-26-31-14-7-8-19-36(31)47(37)52)35-21-13-25-44-45(35)38-20-9-12-24-42(38)51(44)34-17-5-2-6-18-34/h1-30H. The first-order chi connectivity index (χ1) is 25.8. The maximum atomic E-state index is 5.39. The number of hydrogen-bond acceptors (Lipinski definition) is 2. The highest BCUT2D eigenvalue weighted by Crippen LogP contribution is 2.43. The largest absolute Gasteiger partial charge is 0.309 e. The number of hydrogen-bond donors (Lipinski definition) is 0. The van der Waals surface area contributed by atoms with Gasteiger partial charge in [0.05, 0.1) is 33.1 Å². The zero-order valence-electron chi connectivity index (χ0n) is 28.1. The third kappa shape index (κ3) is 4.21. The topological polar surface area (TPSA) is 35.6 Å². The minimum atomic E-state index is 0.821. The van der Waals surface area contributed by atoms with E-state index in [1.54, 1.807) is 0 Å². The molecule has 0 unspecified atom stereocenters. The van der Waals surface area contributed by atoms with Crippen molar-refractivity contribution in [2.45, 2.75) is 0 Å². The predicted octanol–water partition coefficient (Wildman–Crippen LogP) is 12.3. The molecule has 8 aromatic carbocycles. The molecule has 4 nitrogen and oxygen atoms in total. The molecule has 0 aliphatic heterocycles. The van der Waals surface area contributed by atoms with Crippen LogP contribution >= 0.6 is 0 Å². The molecule has 4 heteroatoms. The van der Waals surface area contributed by atoms with Gasteiger partial charge in [-0.15, -0.1) is 0 Å². The summed E-state index contributed by atoms with van der Waals surface area (Å²) in [6.45, 7) is 0. The van der Waals surface area contributed by atoms with Crippen molar-refractivity contribution in [2.75, 3.05) is 0 Å². The van der Waals surface area contributed by atoms with Crippen LogP contribution in [0.4, 0.5) is 0 Å². The first kappa shape index (κ1) is 28.8. The monoisotopic (exact) mass is 662 g/mol. The van der Waals surface area contributed by atoms with Gasteiger partial charge in [0.1, 0.15) is 5.69 Å². The molecule has 242 valence electrons. The van der Waals surface area contributed by atoms with Crippen molar-refractivity contribution in [2.24, 2.45) is 0 Å². The predicted molar refractivity (Wildman–Crippen MR) is 217 cm³/mol. The molecule has 52 heavy (non-hydrogen) atoms. The highest BCUT2D eigenvalue weighted by molar-refractivity contribution is 6.21. The summed E-state index contributed by atoms with van der Waals surface area (Å²) in [5.74, 6) is 0.821. The molecular weight excluding hydrogens is 633 g/mol. The van der Waals surface area contributed by atoms with Gasteiger partial charge in [0.2, 0.25) is 0 Å². The minimum Gasteiger partial charge on any atom is -0.309 e. The third-order valence-electron chi connectivity index (χ3n) is 10.5. The fourth-order valence-electron chi connectivity index (χ4n) is 8.22. The molecule has 0 saturated carbocycles. The lowest BCUT2D eigenvalue weighted by Crippen LogP contribution is -2.04. The van der Waals surface area contributed by atoms with Crippen LogP contribution in [0.5, 0.6) is 0 Å². The number of para-hydroxylation sites is 4. The molecule has 0 radical (unpaired) electrons. The second kappa shape index (κ2) is 11.2. The van der Waals surface area contributed by atoms with Crippen LogP contribution in [0.15, 0.2) is 182 Å². The molecule has 0 bridgehead atoms. The average molecular weight is 663 g/mol. The van der Waals surface area contributed by atoms with Gasteiger partial charge in [-0.05, 0) is 65.0 Å². The molecule has 0 fully saturated rings. The van der Waals surface area contributed by atoms with Crippen LogP contribution in [-0.4, -0.2) is 19.1 Å². The van der Waals surface area contributed by atoms with Crippen molar-refractivity contribution < 1.29 is 0 Å². The van der Waals surface area contributed by atoms with Crippen molar-refractivity contribution in [3.63, 3.8) is 0 Å². The summed E-state index contributed by atoms with van der Waals surface area (Å²) in [6.07, 6.45) is 0. The molecule has 11 rings (SSSR count). The molecule has 0 saturated heterocycles. The fraction of sp³-hybridized carbons (Fsp3) is 0. The third-order valence-corrected chi connectivity index (χ3v) is 10.5. The molecule has 11 aromatic rings. The fourth-order valence-corrected chi connectivity index (χ4v) is 8.22. The quantitative estimate of drug-likeness (QED) is 0.188. The summed E-state index contributed by atoms with van der Waals surface area (Å²) in [6, 6.07) is 64.8. The Morgan fingerprint density at radius 2 is 1.06 bits per heavy atom. The second-order valence-electron chi connectivity index (χ2n) is 13.4. The number of benzene rings is 8. The molecule has 0 atom stereocenters. The van der Waals surface area contributed by atoms with Crippen LogP contribution in [0.3, 0.4) is 0 Å². The molecule has 3 heterocycles. The lowest BCUT2D eigenvalue weighted by atomic mass is 9.97. The Bertz CT molecular complexity index is 3170. The van der Waals surface area contributed by atoms with E-state index in [1.807, 2.05) is 24.3 Å². The summed E-state index contributed by atoms with van der Waals surface area (Å²) in [7, 11) is 0. The van der Waals surface area contributed by atoms with Crippen LogP contribution in [0.2, 0.25) is 0 Å². The number of nitrogens with zero attached hydrogens (tertiary/aromatic N) is 4. The first-order valence-electron chi connectivity index (χ1n) is 17.7. The maximum Gasteiger partial charge on any atom is 0.165 e. The maximum absolute atomic E-state index is 5.39. The number of aromatic nitrogens is 4. The van der Waals surface area contributed by atoms with Crippen LogP contribution < -0.4 is 0 Å². The van der Waals surface area contributed by atoms with E-state index < -0.39 is 0 Å². The second-order valence-corrected chi connectivity index (χ2v) is 13.4. The summed E-state index contributed by atoms with van der Waals surface area (Å²) < 4.78 is 4.73. The van der Waals surface area contributed by atoms with E-state index in [9.17, 15) is 0 Å². The highest BCUT2D eigenvalue weighted by Gasteiger charge is 2.22. The lowest BCUT2D eigenvalue weighted by molar-refractivity contribution is 1.08. The van der Waals surface area contributed by atoms with Crippen LogP contribution in [0.25, 0.3) is 99.3 Å². The van der Waals surface area contributed by atoms with E-state index >= 15 is 0 Å². The first-order valence-corrected chi connectivity index (χ1v) is 17.7. The molecular formula is C48H30N4. The zero-order chi connectivity index (χ0) is 34.2. The van der Waals surface area contributed by atoms with Gasteiger partial charge in [0.25, 0.3) is 0 Å². The Kier molecular flexibility index (Phi) is 6.22. The van der Waals surface area contributed by atoms with E-state index in [0.717, 1.165) is 44.8 Å². The Morgan fingerprint density at radius 3 is 1.90 bits per heavy atom. The van der Waals surface area contributed by atoms with Gasteiger partial charge in [-0.2, -0.15) is 0 Å².